The summed E-state index contributed by atoms with van der Waals surface area (Å²) in [4.78, 5) is 4.13. The summed E-state index contributed by atoms with van der Waals surface area (Å²) < 4.78 is 10.6. The van der Waals surface area contributed by atoms with Gasteiger partial charge in [0.15, 0.2) is 0 Å². The number of hydrogen-bond acceptors (Lipinski definition) is 3. The van der Waals surface area contributed by atoms with Crippen molar-refractivity contribution >= 4 is 22.4 Å². The summed E-state index contributed by atoms with van der Waals surface area (Å²) in [5.41, 5.74) is 2.10. The summed E-state index contributed by atoms with van der Waals surface area (Å²) in [6.07, 6.45) is 1.78. The Hall–Kier alpha value is -2.26. The molecule has 106 valence electrons. The molecule has 0 unspecified atom stereocenters. The van der Waals surface area contributed by atoms with Gasteiger partial charge in [0, 0.05) is 17.6 Å². The number of halogens is 1. The van der Waals surface area contributed by atoms with Gasteiger partial charge >= 0.3 is 0 Å². The second-order valence-corrected chi connectivity index (χ2v) is 5.06. The van der Waals surface area contributed by atoms with E-state index >= 15 is 0 Å². The minimum Gasteiger partial charge on any atom is -0.497 e. The van der Waals surface area contributed by atoms with Crippen LogP contribution in [0.5, 0.6) is 11.5 Å². The molecule has 3 rings (SSSR count). The molecule has 0 bridgehead atoms. The minimum absolute atomic E-state index is 0.498. The maximum Gasteiger partial charge on any atom is 0.129 e. The van der Waals surface area contributed by atoms with Gasteiger partial charge in [0.1, 0.15) is 16.7 Å². The highest BCUT2D eigenvalue weighted by Gasteiger charge is 2.06. The fraction of sp³-hybridized carbons (Fsp3) is 0.118. The van der Waals surface area contributed by atoms with Crippen LogP contribution < -0.4 is 9.47 Å². The maximum absolute atomic E-state index is 5.91. The predicted octanol–water partition coefficient (Wildman–Crippen LogP) is 4.57. The van der Waals surface area contributed by atoms with Crippen molar-refractivity contribution in [3.05, 3.63) is 53.8 Å². The highest BCUT2D eigenvalue weighted by molar-refractivity contribution is 6.30. The fourth-order valence-corrected chi connectivity index (χ4v) is 2.43. The molecule has 1 heterocycles. The maximum atomic E-state index is 5.91. The number of nitrogens with zero attached hydrogens (tertiary/aromatic N) is 1. The normalized spacial score (nSPS) is 10.6. The zero-order valence-corrected chi connectivity index (χ0v) is 12.5. The second kappa shape index (κ2) is 5.62. The highest BCUT2D eigenvalue weighted by Crippen LogP contribution is 2.31. The predicted molar refractivity (Wildman–Crippen MR) is 85.3 cm³/mol. The van der Waals surface area contributed by atoms with E-state index in [1.807, 2.05) is 36.4 Å². The molecular weight excluding hydrogens is 286 g/mol. The van der Waals surface area contributed by atoms with Crippen LogP contribution in [0.2, 0.25) is 5.15 Å². The smallest absolute Gasteiger partial charge is 0.129 e. The molecule has 0 radical (unpaired) electrons. The number of pyridine rings is 1. The van der Waals surface area contributed by atoms with Crippen LogP contribution in [0.3, 0.4) is 0 Å². The van der Waals surface area contributed by atoms with Crippen molar-refractivity contribution < 1.29 is 9.47 Å². The van der Waals surface area contributed by atoms with Gasteiger partial charge in [-0.1, -0.05) is 23.7 Å². The van der Waals surface area contributed by atoms with Crippen LogP contribution in [0.4, 0.5) is 0 Å². The van der Waals surface area contributed by atoms with Gasteiger partial charge in [-0.25, -0.2) is 4.98 Å². The van der Waals surface area contributed by atoms with E-state index in [2.05, 4.69) is 11.1 Å². The molecule has 2 aromatic carbocycles. The topological polar surface area (TPSA) is 31.4 Å². The van der Waals surface area contributed by atoms with Crippen molar-refractivity contribution in [3.63, 3.8) is 0 Å². The molecule has 0 atom stereocenters. The van der Waals surface area contributed by atoms with E-state index in [1.165, 1.54) is 0 Å². The van der Waals surface area contributed by atoms with E-state index < -0.39 is 0 Å². The van der Waals surface area contributed by atoms with Crippen LogP contribution in [0.15, 0.2) is 48.7 Å². The van der Waals surface area contributed by atoms with Gasteiger partial charge in [0.2, 0.25) is 0 Å². The molecule has 0 aliphatic heterocycles. The Morgan fingerprint density at radius 2 is 1.52 bits per heavy atom. The van der Waals surface area contributed by atoms with Gasteiger partial charge in [-0.05, 0) is 40.8 Å². The summed E-state index contributed by atoms with van der Waals surface area (Å²) in [5, 5.41) is 2.60. The van der Waals surface area contributed by atoms with Crippen molar-refractivity contribution in [3.8, 4) is 22.6 Å². The third-order valence-electron chi connectivity index (χ3n) is 3.37. The van der Waals surface area contributed by atoms with Crippen molar-refractivity contribution in [1.82, 2.24) is 4.98 Å². The molecular formula is C17H14ClNO2. The number of aromatic nitrogens is 1. The van der Waals surface area contributed by atoms with E-state index in [9.17, 15) is 0 Å². The fourth-order valence-electron chi connectivity index (χ4n) is 2.27. The Labute approximate surface area is 128 Å². The number of methoxy groups -OCH3 is 2. The number of benzene rings is 2. The van der Waals surface area contributed by atoms with Crippen LogP contribution in [-0.2, 0) is 0 Å². The van der Waals surface area contributed by atoms with Crippen LogP contribution >= 0.6 is 11.6 Å². The Balaban J connectivity index is 2.13. The largest absolute Gasteiger partial charge is 0.497 e. The first-order chi connectivity index (χ1) is 10.2. The van der Waals surface area contributed by atoms with Gasteiger partial charge < -0.3 is 9.47 Å². The Bertz CT molecular complexity index is 780. The SMILES string of the molecule is COc1cc(OC)cc(-c2ccc3cc(Cl)ncc3c2)c1. The zero-order valence-electron chi connectivity index (χ0n) is 11.8. The summed E-state index contributed by atoms with van der Waals surface area (Å²) in [6.45, 7) is 0. The molecule has 1 aromatic heterocycles. The van der Waals surface area contributed by atoms with Crippen LogP contribution in [-0.4, -0.2) is 19.2 Å². The van der Waals surface area contributed by atoms with Crippen molar-refractivity contribution in [1.29, 1.82) is 0 Å². The first-order valence-electron chi connectivity index (χ1n) is 6.48. The lowest BCUT2D eigenvalue weighted by atomic mass is 10.0. The van der Waals surface area contributed by atoms with Gasteiger partial charge in [0.25, 0.3) is 0 Å². The summed E-state index contributed by atoms with van der Waals surface area (Å²) >= 11 is 5.91. The van der Waals surface area contributed by atoms with Gasteiger partial charge in [-0.2, -0.15) is 0 Å². The van der Waals surface area contributed by atoms with E-state index in [0.717, 1.165) is 33.4 Å². The van der Waals surface area contributed by atoms with Gasteiger partial charge in [-0.15, -0.1) is 0 Å². The third-order valence-corrected chi connectivity index (χ3v) is 3.58. The van der Waals surface area contributed by atoms with E-state index in [4.69, 9.17) is 21.1 Å². The van der Waals surface area contributed by atoms with Crippen molar-refractivity contribution in [2.45, 2.75) is 0 Å². The quantitative estimate of drug-likeness (QED) is 0.664. The third kappa shape index (κ3) is 2.78. The van der Waals surface area contributed by atoms with Crippen molar-refractivity contribution in [2.24, 2.45) is 0 Å². The van der Waals surface area contributed by atoms with Gasteiger partial charge in [0.05, 0.1) is 14.2 Å². The number of rotatable bonds is 3. The summed E-state index contributed by atoms with van der Waals surface area (Å²) in [6, 6.07) is 13.8. The zero-order chi connectivity index (χ0) is 14.8. The molecule has 0 aliphatic rings. The molecule has 3 aromatic rings. The molecule has 0 N–H and O–H groups in total. The lowest BCUT2D eigenvalue weighted by Crippen LogP contribution is -1.89. The molecule has 21 heavy (non-hydrogen) atoms. The van der Waals surface area contributed by atoms with E-state index in [-0.39, 0.29) is 0 Å². The molecule has 0 fully saturated rings. The van der Waals surface area contributed by atoms with Crippen LogP contribution in [0.25, 0.3) is 21.9 Å². The summed E-state index contributed by atoms with van der Waals surface area (Å²) in [5.74, 6) is 1.53. The van der Waals surface area contributed by atoms with Crippen molar-refractivity contribution in [2.75, 3.05) is 14.2 Å². The number of hydrogen-bond donors (Lipinski definition) is 0. The Morgan fingerprint density at radius 3 is 2.19 bits per heavy atom. The van der Waals surface area contributed by atoms with E-state index in [1.54, 1.807) is 20.4 Å². The average Bonchev–Trinajstić information content (AvgIpc) is 2.53. The number of fused-ring (bicyclic) bond motifs is 1. The Kier molecular flexibility index (Phi) is 3.67. The molecule has 3 nitrogen and oxygen atoms in total. The van der Waals surface area contributed by atoms with E-state index in [0.29, 0.717) is 5.15 Å². The lowest BCUT2D eigenvalue weighted by Gasteiger charge is -2.09. The number of ether oxygens (including phenoxy) is 2. The molecule has 4 heteroatoms. The standard InChI is InChI=1S/C17H14ClNO2/c1-20-15-6-13(7-16(9-15)21-2)11-3-4-12-8-17(18)19-10-14(12)5-11/h3-10H,1-2H3. The molecule has 0 amide bonds. The first-order valence-corrected chi connectivity index (χ1v) is 6.86. The lowest BCUT2D eigenvalue weighted by molar-refractivity contribution is 0.394. The summed E-state index contributed by atoms with van der Waals surface area (Å²) in [7, 11) is 3.29. The van der Waals surface area contributed by atoms with Gasteiger partial charge in [-0.3, -0.25) is 0 Å². The Morgan fingerprint density at radius 1 is 0.810 bits per heavy atom. The average molecular weight is 300 g/mol. The van der Waals surface area contributed by atoms with Crippen LogP contribution in [0, 0.1) is 0 Å². The molecule has 0 saturated carbocycles. The minimum atomic E-state index is 0.498. The first kappa shape index (κ1) is 13.7. The molecule has 0 spiro atoms. The monoisotopic (exact) mass is 299 g/mol. The highest BCUT2D eigenvalue weighted by atomic mass is 35.5. The van der Waals surface area contributed by atoms with Crippen LogP contribution in [0.1, 0.15) is 0 Å². The second-order valence-electron chi connectivity index (χ2n) is 4.67. The molecule has 0 saturated heterocycles. The molecule has 0 aliphatic carbocycles.